The molecule has 5 nitrogen and oxygen atoms in total. The minimum Gasteiger partial charge on any atom is -0.652 e. The van der Waals surface area contributed by atoms with Crippen molar-refractivity contribution in [2.24, 2.45) is 10.9 Å². The van der Waals surface area contributed by atoms with Crippen LogP contribution in [-0.2, 0) is 10.5 Å². The SMILES string of the molecule is CCCCN(C1=NC2C([O][AlH])=CC=CC2C=C1)c1ccc2cccc3c2[n+]1CO3. The molecule has 2 unspecified atom stereocenters. The number of dihydropyridines is 1. The van der Waals surface area contributed by atoms with Crippen molar-refractivity contribution >= 4 is 39.2 Å². The van der Waals surface area contributed by atoms with Crippen LogP contribution in [0.3, 0.4) is 0 Å². The average Bonchev–Trinajstić information content (AvgIpc) is 3.20. The summed E-state index contributed by atoms with van der Waals surface area (Å²) >= 11 is 1.52. The maximum atomic E-state index is 5.96. The van der Waals surface area contributed by atoms with Crippen LogP contribution in [0.1, 0.15) is 19.8 Å². The number of ether oxygens (including phenoxy) is 1. The van der Waals surface area contributed by atoms with E-state index in [2.05, 4.69) is 58.9 Å². The lowest BCUT2D eigenvalue weighted by Gasteiger charge is -2.29. The molecule has 1 aromatic heterocycles. The summed E-state index contributed by atoms with van der Waals surface area (Å²) in [4.78, 5) is 7.45. The number of allylic oxidation sites excluding steroid dienone is 2. The third-order valence-electron chi connectivity index (χ3n) is 5.78. The van der Waals surface area contributed by atoms with Crippen LogP contribution in [0.2, 0.25) is 0 Å². The first kappa shape index (κ1) is 18.5. The molecule has 29 heavy (non-hydrogen) atoms. The number of para-hydroxylation sites is 1. The van der Waals surface area contributed by atoms with Gasteiger partial charge in [0.2, 0.25) is 12.6 Å². The van der Waals surface area contributed by atoms with E-state index in [-0.39, 0.29) is 12.0 Å². The molecular formula is C23H24AlN3O2+. The molecule has 3 heterocycles. The van der Waals surface area contributed by atoms with E-state index in [0.29, 0.717) is 6.73 Å². The molecule has 0 N–H and O–H groups in total. The lowest BCUT2D eigenvalue weighted by Crippen LogP contribution is -2.45. The summed E-state index contributed by atoms with van der Waals surface area (Å²) in [5, 5.41) is 1.20. The van der Waals surface area contributed by atoms with Crippen LogP contribution in [0.5, 0.6) is 5.75 Å². The Morgan fingerprint density at radius 2 is 2.21 bits per heavy atom. The second-order valence-corrected chi connectivity index (χ2v) is 7.85. The van der Waals surface area contributed by atoms with Crippen LogP contribution in [0, 0.1) is 5.92 Å². The fourth-order valence-corrected chi connectivity index (χ4v) is 4.55. The summed E-state index contributed by atoms with van der Waals surface area (Å²) in [6.45, 7) is 3.66. The molecule has 2 atom stereocenters. The first-order valence-electron chi connectivity index (χ1n) is 10.2. The normalized spacial score (nSPS) is 21.4. The van der Waals surface area contributed by atoms with E-state index in [9.17, 15) is 0 Å². The van der Waals surface area contributed by atoms with Crippen molar-refractivity contribution in [1.29, 1.82) is 0 Å². The Kier molecular flexibility index (Phi) is 4.91. The zero-order valence-electron chi connectivity index (χ0n) is 16.6. The van der Waals surface area contributed by atoms with E-state index < -0.39 is 0 Å². The second kappa shape index (κ2) is 7.70. The van der Waals surface area contributed by atoms with Gasteiger partial charge in [0.1, 0.15) is 6.04 Å². The molecule has 1 radical (unpaired) electrons. The minimum atomic E-state index is 0.00692. The van der Waals surface area contributed by atoms with Gasteiger partial charge in [0.05, 0.1) is 12.3 Å². The summed E-state index contributed by atoms with van der Waals surface area (Å²) in [6, 6.07) is 10.6. The molecule has 1 aromatic carbocycles. The number of nitrogens with zero attached hydrogens (tertiary/aromatic N) is 3. The van der Waals surface area contributed by atoms with Crippen LogP contribution >= 0.6 is 0 Å². The van der Waals surface area contributed by atoms with Crippen molar-refractivity contribution in [2.75, 3.05) is 11.4 Å². The van der Waals surface area contributed by atoms with E-state index in [1.165, 1.54) is 22.0 Å². The number of hydrogen-bond donors (Lipinski definition) is 0. The highest BCUT2D eigenvalue weighted by Gasteiger charge is 2.34. The number of amidine groups is 1. The van der Waals surface area contributed by atoms with Crippen LogP contribution in [0.25, 0.3) is 10.9 Å². The number of aliphatic imine (C=N–C) groups is 1. The van der Waals surface area contributed by atoms with Crippen molar-refractivity contribution in [3.8, 4) is 5.75 Å². The molecule has 1 aliphatic carbocycles. The van der Waals surface area contributed by atoms with Gasteiger partial charge in [-0.25, -0.2) is 9.89 Å². The average molecular weight is 401 g/mol. The molecule has 2 aliphatic heterocycles. The monoisotopic (exact) mass is 401 g/mol. The van der Waals surface area contributed by atoms with E-state index in [1.807, 2.05) is 18.2 Å². The number of anilines is 1. The van der Waals surface area contributed by atoms with Gasteiger partial charge in [-0.15, -0.1) is 0 Å². The third-order valence-corrected chi connectivity index (χ3v) is 6.11. The Labute approximate surface area is 179 Å². The van der Waals surface area contributed by atoms with Crippen LogP contribution in [0.15, 0.2) is 71.5 Å². The molecule has 0 saturated heterocycles. The second-order valence-electron chi connectivity index (χ2n) is 7.56. The molecule has 0 spiro atoms. The number of aromatic nitrogens is 1. The lowest BCUT2D eigenvalue weighted by molar-refractivity contribution is -0.676. The number of fused-ring (bicyclic) bond motifs is 1. The largest absolute Gasteiger partial charge is 0.652 e. The van der Waals surface area contributed by atoms with E-state index in [4.69, 9.17) is 13.5 Å². The summed E-state index contributed by atoms with van der Waals surface area (Å²) in [7, 11) is 0. The minimum absolute atomic E-state index is 0.00692. The molecule has 6 heteroatoms. The van der Waals surface area contributed by atoms with Gasteiger partial charge in [-0.2, -0.15) is 4.57 Å². The first-order chi connectivity index (χ1) is 14.3. The topological polar surface area (TPSA) is 37.9 Å². The van der Waals surface area contributed by atoms with Crippen molar-refractivity contribution in [1.82, 2.24) is 0 Å². The number of rotatable bonds is 5. The Bertz CT molecular complexity index is 1070. The summed E-state index contributed by atoms with van der Waals surface area (Å²) < 4.78 is 13.9. The van der Waals surface area contributed by atoms with Gasteiger partial charge >= 0.3 is 16.6 Å². The summed E-state index contributed by atoms with van der Waals surface area (Å²) in [6.07, 6.45) is 12.9. The van der Waals surface area contributed by atoms with Crippen molar-refractivity contribution < 1.29 is 13.1 Å². The van der Waals surface area contributed by atoms with Crippen LogP contribution in [-0.4, -0.2) is 35.0 Å². The number of pyridine rings is 1. The van der Waals surface area contributed by atoms with E-state index >= 15 is 0 Å². The quantitative estimate of drug-likeness (QED) is 0.570. The fourth-order valence-electron chi connectivity index (χ4n) is 4.28. The van der Waals surface area contributed by atoms with Gasteiger partial charge in [-0.1, -0.05) is 43.7 Å². The highest BCUT2D eigenvalue weighted by Crippen LogP contribution is 2.31. The Morgan fingerprint density at radius 1 is 1.28 bits per heavy atom. The number of hydrogen-bond acceptors (Lipinski definition) is 4. The molecule has 145 valence electrons. The standard InChI is InChI=1S/C23H23N3O2.Al.H/c1-2-3-14-25(20-12-10-16-6-4-8-18(27)22(16)24-20)21-13-11-17-7-5-9-19-23(17)26(21)15-28-19;;/h4-13,16,22H,2-3,14-15H2,1H3;;/q;+1;. The van der Waals surface area contributed by atoms with Crippen LogP contribution < -0.4 is 14.2 Å². The van der Waals surface area contributed by atoms with Gasteiger partial charge < -0.3 is 8.53 Å². The Hall–Kier alpha value is -2.55. The van der Waals surface area contributed by atoms with Gasteiger partial charge in [0.25, 0.3) is 5.82 Å². The van der Waals surface area contributed by atoms with Crippen molar-refractivity contribution in [3.05, 3.63) is 66.5 Å². The molecule has 5 rings (SSSR count). The summed E-state index contributed by atoms with van der Waals surface area (Å²) in [5.41, 5.74) is 1.16. The molecule has 0 bridgehead atoms. The fraction of sp³-hybridized carbons (Fsp3) is 0.304. The zero-order valence-corrected chi connectivity index (χ0v) is 18.0. The first-order valence-corrected chi connectivity index (χ1v) is 10.8. The van der Waals surface area contributed by atoms with Gasteiger partial charge in [-0.05, 0) is 24.6 Å². The molecule has 0 saturated carbocycles. The highest BCUT2D eigenvalue weighted by molar-refractivity contribution is 6.06. The van der Waals surface area contributed by atoms with Crippen molar-refractivity contribution in [3.63, 3.8) is 0 Å². The van der Waals surface area contributed by atoms with Crippen molar-refractivity contribution in [2.45, 2.75) is 32.5 Å². The summed E-state index contributed by atoms with van der Waals surface area (Å²) in [5.74, 6) is 4.23. The highest BCUT2D eigenvalue weighted by atomic mass is 27.1. The molecule has 3 aliphatic rings. The maximum absolute atomic E-state index is 5.96. The zero-order chi connectivity index (χ0) is 19.8. The predicted molar refractivity (Wildman–Crippen MR) is 116 cm³/mol. The Morgan fingerprint density at radius 3 is 3.07 bits per heavy atom. The lowest BCUT2D eigenvalue weighted by atomic mass is 9.91. The molecule has 0 amide bonds. The number of unbranched alkanes of at least 4 members (excludes halogenated alkanes) is 1. The molecular weight excluding hydrogens is 377 g/mol. The van der Waals surface area contributed by atoms with E-state index in [0.717, 1.165) is 48.1 Å². The molecule has 2 aromatic rings. The van der Waals surface area contributed by atoms with Crippen LogP contribution in [0.4, 0.5) is 5.82 Å². The van der Waals surface area contributed by atoms with Gasteiger partial charge in [-0.3, -0.25) is 0 Å². The predicted octanol–water partition coefficient (Wildman–Crippen LogP) is 3.32. The molecule has 0 fully saturated rings. The smallest absolute Gasteiger partial charge is 0.494 e. The van der Waals surface area contributed by atoms with Gasteiger partial charge in [0.15, 0.2) is 11.3 Å². The Balaban J connectivity index is 1.59. The maximum Gasteiger partial charge on any atom is 0.494 e. The third kappa shape index (κ3) is 3.17. The van der Waals surface area contributed by atoms with E-state index in [1.54, 1.807) is 0 Å². The number of benzene rings is 1. The van der Waals surface area contributed by atoms with Gasteiger partial charge in [0, 0.05) is 23.4 Å².